The number of fused-ring (bicyclic) bond motifs is 1. The number of aryl methyl sites for hydroxylation is 2. The van der Waals surface area contributed by atoms with Gasteiger partial charge in [-0.2, -0.15) is 9.40 Å². The number of anilines is 1. The predicted molar refractivity (Wildman–Crippen MR) is 150 cm³/mol. The first-order valence-electron chi connectivity index (χ1n) is 14.8. The number of alkyl halides is 3. The van der Waals surface area contributed by atoms with Crippen LogP contribution in [-0.4, -0.2) is 104 Å². The monoisotopic (exact) mass is 637 g/mol. The van der Waals surface area contributed by atoms with Gasteiger partial charge in [-0.3, -0.25) is 9.69 Å². The number of likely N-dealkylation sites (tertiary alicyclic amines) is 1. The Balaban J connectivity index is 1.31. The molecule has 0 spiro atoms. The molecular formula is C26H29F3N10O4S. The average molecular weight is 638 g/mol. The second-order valence-corrected chi connectivity index (χ2v) is 12.7. The maximum absolute atomic E-state index is 15.2. The minimum atomic E-state index is -4.19. The highest BCUT2D eigenvalue weighted by molar-refractivity contribution is 7.89. The highest BCUT2D eigenvalue weighted by Crippen LogP contribution is 2.34. The number of halogens is 3. The fourth-order valence-electron chi connectivity index (χ4n) is 5.36. The molecular weight excluding hydrogens is 605 g/mol. The Morgan fingerprint density at radius 2 is 2.05 bits per heavy atom. The quantitative estimate of drug-likeness (QED) is 0.285. The van der Waals surface area contributed by atoms with E-state index in [1.165, 1.54) is 38.8 Å². The van der Waals surface area contributed by atoms with E-state index in [9.17, 15) is 22.0 Å². The topological polar surface area (TPSA) is 166 Å². The summed E-state index contributed by atoms with van der Waals surface area (Å²) in [5.74, 6) is -3.89. The first-order valence-corrected chi connectivity index (χ1v) is 14.7. The summed E-state index contributed by atoms with van der Waals surface area (Å²) in [4.78, 5) is 27.2. The smallest absolute Gasteiger partial charge is 0.272 e. The summed E-state index contributed by atoms with van der Waals surface area (Å²) in [6, 6.07) is 1.55. The Hall–Kier alpha value is -4.29. The minimum absolute atomic E-state index is 0.0670. The Morgan fingerprint density at radius 1 is 1.27 bits per heavy atom. The van der Waals surface area contributed by atoms with E-state index in [1.807, 2.05) is 0 Å². The molecule has 2 atom stereocenters. The maximum Gasteiger partial charge on any atom is 0.272 e. The van der Waals surface area contributed by atoms with Crippen LogP contribution in [0.25, 0.3) is 16.8 Å². The zero-order chi connectivity index (χ0) is 34.1. The fourth-order valence-corrected chi connectivity index (χ4v) is 6.86. The average Bonchev–Trinajstić information content (AvgIpc) is 3.63. The summed E-state index contributed by atoms with van der Waals surface area (Å²) >= 11 is 0. The third kappa shape index (κ3) is 5.22. The number of amides is 1. The number of methoxy groups -OCH3 is 1. The van der Waals surface area contributed by atoms with Crippen molar-refractivity contribution < 1.29 is 35.2 Å². The molecule has 0 saturated carbocycles. The number of nitrogens with two attached hydrogens (primary N) is 1. The van der Waals surface area contributed by atoms with Gasteiger partial charge in [0.15, 0.2) is 10.8 Å². The van der Waals surface area contributed by atoms with E-state index >= 15 is 4.39 Å². The minimum Gasteiger partial charge on any atom is -0.480 e. The Morgan fingerprint density at radius 3 is 2.73 bits per heavy atom. The van der Waals surface area contributed by atoms with Crippen molar-refractivity contribution >= 4 is 27.3 Å². The van der Waals surface area contributed by atoms with Crippen molar-refractivity contribution in [2.75, 3.05) is 39.0 Å². The third-order valence-corrected chi connectivity index (χ3v) is 9.38. The van der Waals surface area contributed by atoms with E-state index in [2.05, 4.69) is 25.4 Å². The zero-order valence-electron chi connectivity index (χ0n) is 26.4. The summed E-state index contributed by atoms with van der Waals surface area (Å²) < 4.78 is 99.8. The number of carbonyl (C=O) groups is 1. The Kier molecular flexibility index (Phi) is 6.36. The highest BCUT2D eigenvalue weighted by atomic mass is 32.2. The first-order chi connectivity index (χ1) is 21.9. The molecule has 44 heavy (non-hydrogen) atoms. The molecule has 2 aliphatic heterocycles. The van der Waals surface area contributed by atoms with Crippen LogP contribution in [-0.2, 0) is 23.6 Å². The van der Waals surface area contributed by atoms with E-state index in [4.69, 9.17) is 14.6 Å². The number of hydrogen-bond acceptors (Lipinski definition) is 10. The molecule has 3 N–H and O–H groups in total. The molecule has 1 amide bonds. The molecule has 18 heteroatoms. The highest BCUT2D eigenvalue weighted by Gasteiger charge is 2.44. The van der Waals surface area contributed by atoms with Crippen molar-refractivity contribution in [3.63, 3.8) is 0 Å². The molecule has 0 radical (unpaired) electrons. The summed E-state index contributed by atoms with van der Waals surface area (Å²) in [5.41, 5.74) is 7.10. The van der Waals surface area contributed by atoms with Gasteiger partial charge in [-0.25, -0.2) is 41.1 Å². The molecule has 6 heterocycles. The van der Waals surface area contributed by atoms with E-state index in [0.717, 1.165) is 4.31 Å². The standard InChI is InChI=1S/C26H29F3N10O4S/c1-14-34-21(10-36(14)2)44(41,42)38-8-18(27)19(9-38)35-24(40)17-4-15(6-31-25(17)43-3)20-5-16(7-37-11-26(28,29)12-37)22-23(30)32-13-33-39(20)22/h4-6,10,13,18-19H,7-9,11-12H2,1-3H3,(H,35,40)(H2,30,32,33)/t18-,19+/m0/s1/i3D3. The van der Waals surface area contributed by atoms with Gasteiger partial charge < -0.3 is 20.4 Å². The number of nitrogen functional groups attached to an aromatic ring is 1. The summed E-state index contributed by atoms with van der Waals surface area (Å²) in [6.07, 6.45) is 1.88. The van der Waals surface area contributed by atoms with Crippen molar-refractivity contribution in [1.29, 1.82) is 0 Å². The number of nitrogens with zero attached hydrogens (tertiary/aromatic N) is 8. The number of nitrogens with one attached hydrogen (secondary N) is 1. The number of aromatic nitrogens is 6. The largest absolute Gasteiger partial charge is 0.480 e. The number of sulfonamides is 1. The number of hydrogen-bond donors (Lipinski definition) is 2. The molecule has 14 nitrogen and oxygen atoms in total. The SMILES string of the molecule is [2H]C([2H])([2H])Oc1ncc(-c2cc(CN3CC(F)(F)C3)c3c(N)ncnn23)cc1C(=O)N[C@@H]1CN(S(=O)(=O)c2cn(C)c(C)n2)C[C@@H]1F. The fraction of sp³-hybridized carbons (Fsp3) is 0.423. The third-order valence-electron chi connectivity index (χ3n) is 7.68. The van der Waals surface area contributed by atoms with Crippen molar-refractivity contribution in [3.05, 3.63) is 47.8 Å². The molecule has 0 unspecified atom stereocenters. The van der Waals surface area contributed by atoms with Gasteiger partial charge in [0, 0.05) is 44.6 Å². The Bertz CT molecular complexity index is 1960. The van der Waals surface area contributed by atoms with Crippen molar-refractivity contribution in [3.8, 4) is 17.1 Å². The van der Waals surface area contributed by atoms with Crippen LogP contribution in [0.2, 0.25) is 0 Å². The number of pyridine rings is 1. The van der Waals surface area contributed by atoms with Crippen LogP contribution in [0.5, 0.6) is 5.88 Å². The maximum atomic E-state index is 15.2. The van der Waals surface area contributed by atoms with Gasteiger partial charge in [0.25, 0.3) is 21.9 Å². The Labute approximate surface area is 253 Å². The van der Waals surface area contributed by atoms with Crippen LogP contribution in [0, 0.1) is 6.92 Å². The molecule has 2 fully saturated rings. The number of ether oxygens (including phenoxy) is 1. The number of rotatable bonds is 8. The van der Waals surface area contributed by atoms with Gasteiger partial charge in [0.05, 0.1) is 36.0 Å². The van der Waals surface area contributed by atoms with Crippen LogP contribution < -0.4 is 15.8 Å². The lowest BCUT2D eigenvalue weighted by molar-refractivity contribution is -0.133. The van der Waals surface area contributed by atoms with Gasteiger partial charge >= 0.3 is 0 Å². The van der Waals surface area contributed by atoms with E-state index in [0.29, 0.717) is 22.6 Å². The normalized spacial score (nSPS) is 21.9. The van der Waals surface area contributed by atoms with E-state index in [1.54, 1.807) is 20.0 Å². The second kappa shape index (κ2) is 10.7. The van der Waals surface area contributed by atoms with Gasteiger partial charge in [-0.1, -0.05) is 0 Å². The lowest BCUT2D eigenvalue weighted by atomic mass is 10.1. The van der Waals surface area contributed by atoms with E-state index < -0.39 is 78.7 Å². The molecule has 0 aromatic carbocycles. The van der Waals surface area contributed by atoms with Crippen LogP contribution in [0.3, 0.4) is 0 Å². The zero-order valence-corrected chi connectivity index (χ0v) is 24.2. The molecule has 234 valence electrons. The van der Waals surface area contributed by atoms with Gasteiger partial charge in [-0.05, 0) is 24.6 Å². The van der Waals surface area contributed by atoms with Gasteiger partial charge in [-0.15, -0.1) is 0 Å². The van der Waals surface area contributed by atoms with Crippen LogP contribution in [0.15, 0.2) is 35.9 Å². The summed E-state index contributed by atoms with van der Waals surface area (Å²) in [7, 11) is -5.59. The second-order valence-electron chi connectivity index (χ2n) is 10.8. The molecule has 2 saturated heterocycles. The predicted octanol–water partition coefficient (Wildman–Crippen LogP) is 1.02. The van der Waals surface area contributed by atoms with Crippen molar-refractivity contribution in [1.82, 2.24) is 43.7 Å². The molecule has 0 bridgehead atoms. The number of imidazole rings is 1. The van der Waals surface area contributed by atoms with E-state index in [-0.39, 0.29) is 23.0 Å². The summed E-state index contributed by atoms with van der Waals surface area (Å²) in [6.45, 7) is -0.171. The van der Waals surface area contributed by atoms with Crippen LogP contribution in [0.4, 0.5) is 19.0 Å². The van der Waals surface area contributed by atoms with Crippen LogP contribution in [0.1, 0.15) is 25.9 Å². The molecule has 0 aliphatic carbocycles. The van der Waals surface area contributed by atoms with Gasteiger partial charge in [0.2, 0.25) is 5.88 Å². The molecule has 2 aliphatic rings. The van der Waals surface area contributed by atoms with Crippen molar-refractivity contribution in [2.24, 2.45) is 7.05 Å². The lowest BCUT2D eigenvalue weighted by Gasteiger charge is -2.38. The molecule has 4 aromatic heterocycles. The number of carbonyl (C=O) groups excluding carboxylic acids is 1. The first kappa shape index (κ1) is 26.1. The van der Waals surface area contributed by atoms with Crippen LogP contribution >= 0.6 is 0 Å². The molecule has 6 rings (SSSR count). The van der Waals surface area contributed by atoms with Gasteiger partial charge in [0.1, 0.15) is 29.4 Å². The summed E-state index contributed by atoms with van der Waals surface area (Å²) in [5, 5.41) is 6.39. The van der Waals surface area contributed by atoms with Crippen molar-refractivity contribution in [2.45, 2.75) is 36.6 Å². The molecule has 4 aromatic rings. The lowest BCUT2D eigenvalue weighted by Crippen LogP contribution is -2.55.